The van der Waals surface area contributed by atoms with E-state index >= 15 is 0 Å². The fraction of sp³-hybridized carbons (Fsp3) is 0.333. The lowest BCUT2D eigenvalue weighted by atomic mass is 9.92. The topological polar surface area (TPSA) is 0 Å². The van der Waals surface area contributed by atoms with Crippen LogP contribution in [0.4, 0.5) is 4.39 Å². The summed E-state index contributed by atoms with van der Waals surface area (Å²) in [6.45, 7) is 1.79. The van der Waals surface area contributed by atoms with Crippen molar-refractivity contribution in [2.24, 2.45) is 0 Å². The number of rotatable bonds is 1. The van der Waals surface area contributed by atoms with Crippen molar-refractivity contribution in [1.82, 2.24) is 0 Å². The van der Waals surface area contributed by atoms with Gasteiger partial charge in [0.2, 0.25) is 0 Å². The summed E-state index contributed by atoms with van der Waals surface area (Å²) in [5.74, 6) is 2.62. The second-order valence-corrected chi connectivity index (χ2v) is 3.64. The van der Waals surface area contributed by atoms with Crippen molar-refractivity contribution >= 4 is 0 Å². The second-order valence-electron chi connectivity index (χ2n) is 3.64. The maximum Gasteiger partial charge on any atom is 0.126 e. The normalized spacial score (nSPS) is 17.9. The van der Waals surface area contributed by atoms with Crippen molar-refractivity contribution in [3.8, 4) is 12.3 Å². The zero-order valence-corrected chi connectivity index (χ0v) is 7.60. The molecule has 1 fully saturated rings. The first-order valence-corrected chi connectivity index (χ1v) is 4.43. The van der Waals surface area contributed by atoms with Crippen LogP contribution < -0.4 is 0 Å². The van der Waals surface area contributed by atoms with Crippen LogP contribution in [0.25, 0.3) is 0 Å². The Morgan fingerprint density at radius 3 is 2.69 bits per heavy atom. The standard InChI is InChI=1S/C12H11F/c1-3-12(7-8-12)10-5-4-6-11(13)9(10)2/h1,4-6H,7-8H2,2H3. The van der Waals surface area contributed by atoms with Crippen LogP contribution in [0.2, 0.25) is 0 Å². The molecule has 0 unspecified atom stereocenters. The van der Waals surface area contributed by atoms with E-state index in [4.69, 9.17) is 6.42 Å². The number of benzene rings is 1. The van der Waals surface area contributed by atoms with Crippen LogP contribution >= 0.6 is 0 Å². The highest BCUT2D eigenvalue weighted by Gasteiger charge is 2.43. The molecule has 0 atom stereocenters. The Kier molecular flexibility index (Phi) is 1.66. The molecule has 0 saturated heterocycles. The van der Waals surface area contributed by atoms with Crippen LogP contribution in [0.15, 0.2) is 18.2 Å². The Morgan fingerprint density at radius 2 is 2.15 bits per heavy atom. The summed E-state index contributed by atoms with van der Waals surface area (Å²) < 4.78 is 13.2. The van der Waals surface area contributed by atoms with Gasteiger partial charge in [-0.3, -0.25) is 0 Å². The summed E-state index contributed by atoms with van der Waals surface area (Å²) in [4.78, 5) is 0. The Morgan fingerprint density at radius 1 is 1.46 bits per heavy atom. The highest BCUT2D eigenvalue weighted by Crippen LogP contribution is 2.48. The lowest BCUT2D eigenvalue weighted by Gasteiger charge is -2.11. The van der Waals surface area contributed by atoms with Gasteiger partial charge in [-0.2, -0.15) is 0 Å². The van der Waals surface area contributed by atoms with E-state index in [2.05, 4.69) is 5.92 Å². The van der Waals surface area contributed by atoms with Crippen molar-refractivity contribution in [3.05, 3.63) is 35.1 Å². The van der Waals surface area contributed by atoms with Gasteiger partial charge in [0.1, 0.15) is 5.82 Å². The van der Waals surface area contributed by atoms with Crippen LogP contribution in [0, 0.1) is 25.1 Å². The molecule has 1 heteroatoms. The first-order valence-electron chi connectivity index (χ1n) is 4.43. The molecule has 1 aliphatic carbocycles. The first kappa shape index (κ1) is 8.31. The van der Waals surface area contributed by atoms with Gasteiger partial charge in [-0.15, -0.1) is 6.42 Å². The van der Waals surface area contributed by atoms with Gasteiger partial charge in [0, 0.05) is 0 Å². The number of hydrogen-bond donors (Lipinski definition) is 0. The quantitative estimate of drug-likeness (QED) is 0.574. The molecule has 1 aromatic rings. The molecule has 0 heterocycles. The average molecular weight is 174 g/mol. The Balaban J connectivity index is 2.54. The minimum absolute atomic E-state index is 0.147. The van der Waals surface area contributed by atoms with Gasteiger partial charge < -0.3 is 0 Å². The van der Waals surface area contributed by atoms with Crippen molar-refractivity contribution in [2.45, 2.75) is 25.2 Å². The molecule has 66 valence electrons. The molecule has 13 heavy (non-hydrogen) atoms. The maximum absolute atomic E-state index is 13.2. The summed E-state index contributed by atoms with van der Waals surface area (Å²) in [5, 5.41) is 0. The largest absolute Gasteiger partial charge is 0.207 e. The molecule has 0 amide bonds. The summed E-state index contributed by atoms with van der Waals surface area (Å²) in [6, 6.07) is 5.14. The van der Waals surface area contributed by atoms with Gasteiger partial charge in [-0.1, -0.05) is 18.1 Å². The number of halogens is 1. The van der Waals surface area contributed by atoms with Crippen molar-refractivity contribution < 1.29 is 4.39 Å². The molecule has 1 aliphatic rings. The van der Waals surface area contributed by atoms with E-state index in [9.17, 15) is 4.39 Å². The molecule has 0 radical (unpaired) electrons. The Bertz CT molecular complexity index is 381. The minimum Gasteiger partial charge on any atom is -0.207 e. The molecular weight excluding hydrogens is 163 g/mol. The monoisotopic (exact) mass is 174 g/mol. The predicted octanol–water partition coefficient (Wildman–Crippen LogP) is 2.80. The fourth-order valence-corrected chi connectivity index (χ4v) is 1.74. The zero-order chi connectivity index (χ0) is 9.47. The third-order valence-corrected chi connectivity index (χ3v) is 2.81. The van der Waals surface area contributed by atoms with Crippen molar-refractivity contribution in [3.63, 3.8) is 0 Å². The summed E-state index contributed by atoms with van der Waals surface area (Å²) in [5.41, 5.74) is 1.56. The third kappa shape index (κ3) is 1.14. The van der Waals surface area contributed by atoms with E-state index < -0.39 is 0 Å². The minimum atomic E-state index is -0.154. The van der Waals surface area contributed by atoms with E-state index in [0.29, 0.717) is 5.56 Å². The molecule has 0 nitrogen and oxygen atoms in total. The van der Waals surface area contributed by atoms with Crippen LogP contribution in [0.5, 0.6) is 0 Å². The lowest BCUT2D eigenvalue weighted by molar-refractivity contribution is 0.613. The van der Waals surface area contributed by atoms with Crippen molar-refractivity contribution in [2.75, 3.05) is 0 Å². The van der Waals surface area contributed by atoms with Gasteiger partial charge in [-0.25, -0.2) is 4.39 Å². The van der Waals surface area contributed by atoms with E-state index in [1.54, 1.807) is 13.0 Å². The van der Waals surface area contributed by atoms with Gasteiger partial charge in [-0.05, 0) is 37.0 Å². The van der Waals surface area contributed by atoms with Crippen LogP contribution in [0.3, 0.4) is 0 Å². The first-order chi connectivity index (χ1) is 6.19. The molecule has 0 spiro atoms. The van der Waals surface area contributed by atoms with Gasteiger partial charge in [0.05, 0.1) is 5.41 Å². The Hall–Kier alpha value is -1.29. The maximum atomic E-state index is 13.2. The summed E-state index contributed by atoms with van der Waals surface area (Å²) in [6.07, 6.45) is 7.44. The van der Waals surface area contributed by atoms with E-state index in [1.165, 1.54) is 6.07 Å². The molecule has 0 aromatic heterocycles. The lowest BCUT2D eigenvalue weighted by Crippen LogP contribution is -2.06. The predicted molar refractivity (Wildman–Crippen MR) is 50.9 cm³/mol. The second kappa shape index (κ2) is 2.60. The third-order valence-electron chi connectivity index (χ3n) is 2.81. The highest BCUT2D eigenvalue weighted by atomic mass is 19.1. The molecule has 1 aromatic carbocycles. The highest BCUT2D eigenvalue weighted by molar-refractivity contribution is 5.45. The number of hydrogen-bond acceptors (Lipinski definition) is 0. The summed E-state index contributed by atoms with van der Waals surface area (Å²) >= 11 is 0. The molecule has 0 N–H and O–H groups in total. The van der Waals surface area contributed by atoms with Crippen LogP contribution in [-0.4, -0.2) is 0 Å². The molecule has 2 rings (SSSR count). The number of terminal acetylenes is 1. The average Bonchev–Trinajstić information content (AvgIpc) is 2.90. The molecule has 0 aliphatic heterocycles. The van der Waals surface area contributed by atoms with Gasteiger partial charge in [0.25, 0.3) is 0 Å². The SMILES string of the molecule is C#CC1(c2cccc(F)c2C)CC1. The van der Waals surface area contributed by atoms with Gasteiger partial charge >= 0.3 is 0 Å². The molecule has 1 saturated carbocycles. The molecule has 0 bridgehead atoms. The summed E-state index contributed by atoms with van der Waals surface area (Å²) in [7, 11) is 0. The molecular formula is C12H11F. The van der Waals surface area contributed by atoms with E-state index in [-0.39, 0.29) is 11.2 Å². The Labute approximate surface area is 77.8 Å². The van der Waals surface area contributed by atoms with Crippen LogP contribution in [-0.2, 0) is 5.41 Å². The van der Waals surface area contributed by atoms with Crippen LogP contribution in [0.1, 0.15) is 24.0 Å². The zero-order valence-electron chi connectivity index (χ0n) is 7.60. The van der Waals surface area contributed by atoms with E-state index in [0.717, 1.165) is 18.4 Å². The van der Waals surface area contributed by atoms with Crippen molar-refractivity contribution in [1.29, 1.82) is 0 Å². The van der Waals surface area contributed by atoms with Gasteiger partial charge in [0.15, 0.2) is 0 Å². The smallest absolute Gasteiger partial charge is 0.126 e. The fourth-order valence-electron chi connectivity index (χ4n) is 1.74. The van der Waals surface area contributed by atoms with E-state index in [1.807, 2.05) is 6.07 Å².